The lowest BCUT2D eigenvalue weighted by Gasteiger charge is -2.08. The van der Waals surface area contributed by atoms with Crippen molar-refractivity contribution in [1.82, 2.24) is 4.57 Å². The van der Waals surface area contributed by atoms with E-state index in [0.717, 1.165) is 11.1 Å². The molecule has 3 nitrogen and oxygen atoms in total. The maximum absolute atomic E-state index is 13.6. The topological polar surface area (TPSA) is 48.0 Å². The van der Waals surface area contributed by atoms with Crippen LogP contribution in [0.1, 0.15) is 16.7 Å². The summed E-state index contributed by atoms with van der Waals surface area (Å²) in [5, 5.41) is 0. The summed E-state index contributed by atoms with van der Waals surface area (Å²) >= 11 is 0. The normalized spacial score (nSPS) is 10.6. The molecule has 0 spiro atoms. The molecule has 1 aromatic carbocycles. The van der Waals surface area contributed by atoms with Gasteiger partial charge in [0.25, 0.3) is 5.56 Å². The Kier molecular flexibility index (Phi) is 3.58. The molecule has 0 aliphatic rings. The van der Waals surface area contributed by atoms with Crippen LogP contribution in [0.15, 0.2) is 41.3 Å². The summed E-state index contributed by atoms with van der Waals surface area (Å²) in [6.07, 6.45) is 1.67. The fraction of sp³-hybridized carbons (Fsp3) is 0.214. The van der Waals surface area contributed by atoms with Gasteiger partial charge in [0, 0.05) is 24.4 Å². The van der Waals surface area contributed by atoms with Crippen molar-refractivity contribution in [2.75, 3.05) is 0 Å². The Morgan fingerprint density at radius 1 is 1.28 bits per heavy atom. The molecular weight excluding hydrogens is 231 g/mol. The van der Waals surface area contributed by atoms with Crippen LogP contribution in [-0.2, 0) is 13.1 Å². The second kappa shape index (κ2) is 5.14. The molecule has 2 N–H and O–H groups in total. The lowest BCUT2D eigenvalue weighted by molar-refractivity contribution is 0.595. The van der Waals surface area contributed by atoms with E-state index in [9.17, 15) is 9.18 Å². The Balaban J connectivity index is 2.36. The lowest BCUT2D eigenvalue weighted by atomic mass is 10.1. The molecule has 0 radical (unpaired) electrons. The fourth-order valence-corrected chi connectivity index (χ4v) is 1.80. The van der Waals surface area contributed by atoms with Crippen LogP contribution in [0.4, 0.5) is 4.39 Å². The third kappa shape index (κ3) is 2.65. The Labute approximate surface area is 105 Å². The summed E-state index contributed by atoms with van der Waals surface area (Å²) in [6, 6.07) is 8.09. The van der Waals surface area contributed by atoms with Gasteiger partial charge in [0.1, 0.15) is 5.82 Å². The minimum absolute atomic E-state index is 0.132. The fourth-order valence-electron chi connectivity index (χ4n) is 1.80. The number of pyridine rings is 1. The first kappa shape index (κ1) is 12.5. The van der Waals surface area contributed by atoms with Crippen LogP contribution in [-0.4, -0.2) is 4.57 Å². The van der Waals surface area contributed by atoms with Gasteiger partial charge in [-0.05, 0) is 36.2 Å². The molecule has 0 saturated heterocycles. The molecule has 0 bridgehead atoms. The quantitative estimate of drug-likeness (QED) is 0.897. The summed E-state index contributed by atoms with van der Waals surface area (Å²) in [5.41, 5.74) is 7.61. The minimum Gasteiger partial charge on any atom is -0.326 e. The van der Waals surface area contributed by atoms with Gasteiger partial charge in [0.15, 0.2) is 0 Å². The highest BCUT2D eigenvalue weighted by molar-refractivity contribution is 5.25. The van der Waals surface area contributed by atoms with Gasteiger partial charge in [-0.3, -0.25) is 4.79 Å². The van der Waals surface area contributed by atoms with E-state index in [1.54, 1.807) is 18.3 Å². The van der Waals surface area contributed by atoms with Crippen LogP contribution in [0.2, 0.25) is 0 Å². The second-order valence-corrected chi connectivity index (χ2v) is 4.30. The first-order chi connectivity index (χ1) is 8.60. The molecule has 2 rings (SSSR count). The largest absolute Gasteiger partial charge is 0.326 e. The number of rotatable bonds is 3. The average Bonchev–Trinajstić information content (AvgIpc) is 2.35. The summed E-state index contributed by atoms with van der Waals surface area (Å²) in [6.45, 7) is 2.43. The Bertz CT molecular complexity index is 619. The standard InChI is InChI=1S/C14H15FN2O/c1-10-4-5-17(14(18)6-10)9-12-7-11(8-16)2-3-13(12)15/h2-7H,8-9,16H2,1H3. The van der Waals surface area contributed by atoms with Gasteiger partial charge in [-0.2, -0.15) is 0 Å². The number of aryl methyl sites for hydroxylation is 1. The maximum Gasteiger partial charge on any atom is 0.251 e. The molecule has 94 valence electrons. The van der Waals surface area contributed by atoms with Gasteiger partial charge in [-0.1, -0.05) is 6.07 Å². The van der Waals surface area contributed by atoms with E-state index in [1.165, 1.54) is 16.7 Å². The van der Waals surface area contributed by atoms with Gasteiger partial charge < -0.3 is 10.3 Å². The SMILES string of the molecule is Cc1ccn(Cc2cc(CN)ccc2F)c(=O)c1. The van der Waals surface area contributed by atoms with Gasteiger partial charge in [-0.15, -0.1) is 0 Å². The van der Waals surface area contributed by atoms with Crippen molar-refractivity contribution < 1.29 is 4.39 Å². The van der Waals surface area contributed by atoms with E-state index < -0.39 is 0 Å². The zero-order chi connectivity index (χ0) is 13.1. The Morgan fingerprint density at radius 3 is 2.72 bits per heavy atom. The van der Waals surface area contributed by atoms with Crippen LogP contribution in [0.5, 0.6) is 0 Å². The second-order valence-electron chi connectivity index (χ2n) is 4.30. The van der Waals surface area contributed by atoms with Gasteiger partial charge in [0.2, 0.25) is 0 Å². The van der Waals surface area contributed by atoms with E-state index in [-0.39, 0.29) is 17.9 Å². The van der Waals surface area contributed by atoms with Gasteiger partial charge in [-0.25, -0.2) is 4.39 Å². The molecule has 0 atom stereocenters. The molecule has 1 aromatic heterocycles. The van der Waals surface area contributed by atoms with Crippen LogP contribution < -0.4 is 11.3 Å². The molecule has 4 heteroatoms. The van der Waals surface area contributed by atoms with E-state index in [4.69, 9.17) is 5.73 Å². The number of aromatic nitrogens is 1. The summed E-state index contributed by atoms with van der Waals surface area (Å²) in [4.78, 5) is 11.7. The molecular formula is C14H15FN2O. The number of halogens is 1. The summed E-state index contributed by atoms with van der Waals surface area (Å²) in [7, 11) is 0. The lowest BCUT2D eigenvalue weighted by Crippen LogP contribution is -2.20. The summed E-state index contributed by atoms with van der Waals surface area (Å²) in [5.74, 6) is -0.320. The molecule has 0 saturated carbocycles. The number of nitrogens with two attached hydrogens (primary N) is 1. The third-order valence-corrected chi connectivity index (χ3v) is 2.84. The molecule has 0 unspecified atom stereocenters. The molecule has 0 amide bonds. The highest BCUT2D eigenvalue weighted by Crippen LogP contribution is 2.11. The monoisotopic (exact) mass is 246 g/mol. The van der Waals surface area contributed by atoms with Crippen molar-refractivity contribution in [1.29, 1.82) is 0 Å². The van der Waals surface area contributed by atoms with Crippen molar-refractivity contribution in [3.05, 3.63) is 69.4 Å². The number of benzene rings is 1. The number of nitrogens with zero attached hydrogens (tertiary/aromatic N) is 1. The van der Waals surface area contributed by atoms with Crippen molar-refractivity contribution in [2.45, 2.75) is 20.0 Å². The minimum atomic E-state index is -0.320. The van der Waals surface area contributed by atoms with E-state index >= 15 is 0 Å². The predicted molar refractivity (Wildman–Crippen MR) is 68.8 cm³/mol. The molecule has 0 fully saturated rings. The zero-order valence-corrected chi connectivity index (χ0v) is 10.2. The van der Waals surface area contributed by atoms with E-state index in [2.05, 4.69) is 0 Å². The van der Waals surface area contributed by atoms with Crippen LogP contribution in [0.25, 0.3) is 0 Å². The number of hydrogen-bond acceptors (Lipinski definition) is 2. The smallest absolute Gasteiger partial charge is 0.251 e. The van der Waals surface area contributed by atoms with Crippen molar-refractivity contribution in [2.24, 2.45) is 5.73 Å². The predicted octanol–water partition coefficient (Wildman–Crippen LogP) is 1.80. The molecule has 2 aromatic rings. The Hall–Kier alpha value is -1.94. The Morgan fingerprint density at radius 2 is 2.06 bits per heavy atom. The van der Waals surface area contributed by atoms with Crippen LogP contribution in [0.3, 0.4) is 0 Å². The number of hydrogen-bond donors (Lipinski definition) is 1. The van der Waals surface area contributed by atoms with Gasteiger partial charge in [0.05, 0.1) is 6.54 Å². The first-order valence-electron chi connectivity index (χ1n) is 5.74. The van der Waals surface area contributed by atoms with Crippen molar-refractivity contribution in [3.63, 3.8) is 0 Å². The maximum atomic E-state index is 13.6. The summed E-state index contributed by atoms with van der Waals surface area (Å²) < 4.78 is 15.1. The van der Waals surface area contributed by atoms with Crippen LogP contribution >= 0.6 is 0 Å². The molecule has 1 heterocycles. The average molecular weight is 246 g/mol. The molecule has 18 heavy (non-hydrogen) atoms. The molecule has 0 aliphatic carbocycles. The van der Waals surface area contributed by atoms with E-state index in [0.29, 0.717) is 12.1 Å². The highest BCUT2D eigenvalue weighted by atomic mass is 19.1. The van der Waals surface area contributed by atoms with Gasteiger partial charge >= 0.3 is 0 Å². The van der Waals surface area contributed by atoms with Crippen molar-refractivity contribution in [3.8, 4) is 0 Å². The zero-order valence-electron chi connectivity index (χ0n) is 10.2. The molecule has 0 aliphatic heterocycles. The third-order valence-electron chi connectivity index (χ3n) is 2.84. The van der Waals surface area contributed by atoms with Crippen molar-refractivity contribution >= 4 is 0 Å². The van der Waals surface area contributed by atoms with E-state index in [1.807, 2.05) is 13.0 Å². The van der Waals surface area contributed by atoms with Crippen LogP contribution in [0, 0.1) is 12.7 Å². The first-order valence-corrected chi connectivity index (χ1v) is 5.74. The highest BCUT2D eigenvalue weighted by Gasteiger charge is 2.05.